The molecule has 0 fully saturated rings. The molecule has 0 amide bonds. The van der Waals surface area contributed by atoms with E-state index < -0.39 is 6.23 Å². The zero-order chi connectivity index (χ0) is 9.40. The highest BCUT2D eigenvalue weighted by atomic mass is 16.3. The largest absolute Gasteiger partial charge is 0.379 e. The minimum atomic E-state index is -0.703. The van der Waals surface area contributed by atoms with Crippen LogP contribution in [0, 0.1) is 0 Å². The predicted molar refractivity (Wildman–Crippen MR) is 50.9 cm³/mol. The SMILES string of the molecule is C=C(/C=C\N=C\NC)C(O)NC. The molecule has 0 aliphatic rings. The van der Waals surface area contributed by atoms with Gasteiger partial charge < -0.3 is 10.4 Å². The maximum absolute atomic E-state index is 9.15. The van der Waals surface area contributed by atoms with Gasteiger partial charge in [0.25, 0.3) is 0 Å². The van der Waals surface area contributed by atoms with Crippen molar-refractivity contribution in [2.24, 2.45) is 4.99 Å². The number of nitrogens with zero attached hydrogens (tertiary/aromatic N) is 1. The van der Waals surface area contributed by atoms with E-state index in [0.717, 1.165) is 0 Å². The highest BCUT2D eigenvalue weighted by Gasteiger charge is 1.99. The van der Waals surface area contributed by atoms with E-state index in [0.29, 0.717) is 5.57 Å². The molecule has 1 unspecified atom stereocenters. The van der Waals surface area contributed by atoms with E-state index in [2.05, 4.69) is 22.2 Å². The quantitative estimate of drug-likeness (QED) is 0.232. The van der Waals surface area contributed by atoms with Crippen molar-refractivity contribution < 1.29 is 5.11 Å². The normalized spacial score (nSPS) is 13.9. The van der Waals surface area contributed by atoms with Gasteiger partial charge in [-0.2, -0.15) is 0 Å². The van der Waals surface area contributed by atoms with Gasteiger partial charge in [0.15, 0.2) is 0 Å². The van der Waals surface area contributed by atoms with Crippen molar-refractivity contribution in [1.29, 1.82) is 0 Å². The first kappa shape index (κ1) is 10.9. The fourth-order valence-electron chi connectivity index (χ4n) is 0.533. The van der Waals surface area contributed by atoms with Crippen LogP contribution in [-0.4, -0.2) is 31.8 Å². The molecule has 1 atom stereocenters. The topological polar surface area (TPSA) is 56.7 Å². The zero-order valence-electron chi connectivity index (χ0n) is 7.41. The van der Waals surface area contributed by atoms with Gasteiger partial charge >= 0.3 is 0 Å². The smallest absolute Gasteiger partial charge is 0.130 e. The number of hydrogen-bond acceptors (Lipinski definition) is 3. The summed E-state index contributed by atoms with van der Waals surface area (Å²) in [6, 6.07) is 0. The molecule has 0 aliphatic heterocycles. The van der Waals surface area contributed by atoms with Crippen LogP contribution in [0.5, 0.6) is 0 Å². The van der Waals surface area contributed by atoms with Crippen molar-refractivity contribution >= 4 is 6.34 Å². The number of aliphatic imine (C=N–C) groups is 1. The Morgan fingerprint density at radius 2 is 2.25 bits per heavy atom. The Morgan fingerprint density at radius 1 is 1.58 bits per heavy atom. The van der Waals surface area contributed by atoms with Gasteiger partial charge in [0.1, 0.15) is 6.23 Å². The first-order chi connectivity index (χ1) is 5.72. The highest BCUT2D eigenvalue weighted by molar-refractivity contribution is 5.54. The second-order valence-corrected chi connectivity index (χ2v) is 2.15. The minimum absolute atomic E-state index is 0.575. The van der Waals surface area contributed by atoms with Gasteiger partial charge in [0.2, 0.25) is 0 Å². The summed E-state index contributed by atoms with van der Waals surface area (Å²) in [7, 11) is 3.41. The van der Waals surface area contributed by atoms with Gasteiger partial charge in [0.05, 0.1) is 6.34 Å². The van der Waals surface area contributed by atoms with Gasteiger partial charge in [-0.15, -0.1) is 0 Å². The van der Waals surface area contributed by atoms with Crippen molar-refractivity contribution in [2.75, 3.05) is 14.1 Å². The van der Waals surface area contributed by atoms with Crippen LogP contribution >= 0.6 is 0 Å². The van der Waals surface area contributed by atoms with Crippen molar-refractivity contribution in [3.05, 3.63) is 24.4 Å². The molecule has 4 heteroatoms. The third-order valence-electron chi connectivity index (χ3n) is 1.20. The standard InChI is InChI=1S/C8H15N3O/c1-7(8(12)10-3)4-5-11-6-9-2/h4-6,8,10,12H,1H2,2-3H3,(H,9,11)/b5-4-. The Balaban J connectivity index is 3.83. The Labute approximate surface area is 72.7 Å². The molecule has 12 heavy (non-hydrogen) atoms. The number of aliphatic hydroxyl groups excluding tert-OH is 1. The maximum Gasteiger partial charge on any atom is 0.130 e. The summed E-state index contributed by atoms with van der Waals surface area (Å²) in [6.07, 6.45) is 4.02. The second-order valence-electron chi connectivity index (χ2n) is 2.15. The number of aliphatic hydroxyl groups is 1. The lowest BCUT2D eigenvalue weighted by molar-refractivity contribution is 0.187. The molecule has 0 aromatic carbocycles. The van der Waals surface area contributed by atoms with Gasteiger partial charge in [0, 0.05) is 13.2 Å². The summed E-state index contributed by atoms with van der Waals surface area (Å²) in [4.78, 5) is 3.83. The number of rotatable bonds is 5. The summed E-state index contributed by atoms with van der Waals surface area (Å²) in [5.74, 6) is 0. The molecule has 0 saturated heterocycles. The molecule has 0 aromatic heterocycles. The monoisotopic (exact) mass is 169 g/mol. The Morgan fingerprint density at radius 3 is 2.75 bits per heavy atom. The third-order valence-corrected chi connectivity index (χ3v) is 1.20. The molecule has 0 aliphatic carbocycles. The van der Waals surface area contributed by atoms with Crippen molar-refractivity contribution in [2.45, 2.75) is 6.23 Å². The molecule has 3 N–H and O–H groups in total. The molecule has 0 saturated carbocycles. The lowest BCUT2D eigenvalue weighted by Gasteiger charge is -2.07. The van der Waals surface area contributed by atoms with E-state index in [1.165, 1.54) is 6.34 Å². The van der Waals surface area contributed by atoms with E-state index in [9.17, 15) is 0 Å². The van der Waals surface area contributed by atoms with Gasteiger partial charge in [-0.25, -0.2) is 4.99 Å². The number of nitrogens with one attached hydrogen (secondary N) is 2. The molecule has 0 bridgehead atoms. The molecular weight excluding hydrogens is 154 g/mol. The molecule has 0 spiro atoms. The zero-order valence-corrected chi connectivity index (χ0v) is 7.41. The summed E-state index contributed by atoms with van der Waals surface area (Å²) in [6.45, 7) is 3.63. The van der Waals surface area contributed by atoms with Crippen molar-refractivity contribution in [1.82, 2.24) is 10.6 Å². The van der Waals surface area contributed by atoms with Gasteiger partial charge in [-0.1, -0.05) is 6.58 Å². The van der Waals surface area contributed by atoms with Crippen LogP contribution in [0.25, 0.3) is 0 Å². The molecule has 0 radical (unpaired) electrons. The fourth-order valence-corrected chi connectivity index (χ4v) is 0.533. The van der Waals surface area contributed by atoms with Crippen LogP contribution in [0.1, 0.15) is 0 Å². The van der Waals surface area contributed by atoms with Crippen molar-refractivity contribution in [3.8, 4) is 0 Å². The first-order valence-corrected chi connectivity index (χ1v) is 3.62. The second kappa shape index (κ2) is 6.57. The number of likely N-dealkylation sites (N-methyl/N-ethyl adjacent to an activating group) is 1. The average molecular weight is 169 g/mol. The Hall–Kier alpha value is -1.13. The summed E-state index contributed by atoms with van der Waals surface area (Å²) in [5.41, 5.74) is 0.575. The molecule has 0 rings (SSSR count). The fraction of sp³-hybridized carbons (Fsp3) is 0.375. The average Bonchev–Trinajstić information content (AvgIpc) is 2.10. The maximum atomic E-state index is 9.15. The van der Waals surface area contributed by atoms with Crippen LogP contribution in [-0.2, 0) is 0 Å². The summed E-state index contributed by atoms with van der Waals surface area (Å²) >= 11 is 0. The van der Waals surface area contributed by atoms with Crippen LogP contribution in [0.4, 0.5) is 0 Å². The molecular formula is C8H15N3O. The van der Waals surface area contributed by atoms with Gasteiger partial charge in [-0.3, -0.25) is 5.32 Å². The molecule has 68 valence electrons. The van der Waals surface area contributed by atoms with Crippen molar-refractivity contribution in [3.63, 3.8) is 0 Å². The van der Waals surface area contributed by atoms with E-state index in [1.54, 1.807) is 26.4 Å². The highest BCUT2D eigenvalue weighted by Crippen LogP contribution is 1.96. The molecule has 0 aromatic rings. The van der Waals surface area contributed by atoms with Crippen LogP contribution in [0.3, 0.4) is 0 Å². The van der Waals surface area contributed by atoms with Crippen LogP contribution < -0.4 is 10.6 Å². The lowest BCUT2D eigenvalue weighted by Crippen LogP contribution is -2.25. The first-order valence-electron chi connectivity index (χ1n) is 3.62. The van der Waals surface area contributed by atoms with Crippen LogP contribution in [0.2, 0.25) is 0 Å². The summed E-state index contributed by atoms with van der Waals surface area (Å²) < 4.78 is 0. The van der Waals surface area contributed by atoms with E-state index in [4.69, 9.17) is 5.11 Å². The summed E-state index contributed by atoms with van der Waals surface area (Å²) in [5, 5.41) is 14.5. The Bertz CT molecular complexity index is 187. The number of hydrogen-bond donors (Lipinski definition) is 3. The third kappa shape index (κ3) is 4.65. The Kier molecular flexibility index (Phi) is 5.95. The van der Waals surface area contributed by atoms with E-state index >= 15 is 0 Å². The van der Waals surface area contributed by atoms with Crippen LogP contribution in [0.15, 0.2) is 29.4 Å². The van der Waals surface area contributed by atoms with E-state index in [-0.39, 0.29) is 0 Å². The molecule has 0 heterocycles. The lowest BCUT2D eigenvalue weighted by atomic mass is 10.2. The predicted octanol–water partition coefficient (Wildman–Crippen LogP) is -0.158. The van der Waals surface area contributed by atoms with Gasteiger partial charge in [-0.05, 0) is 18.7 Å². The molecule has 4 nitrogen and oxygen atoms in total. The van der Waals surface area contributed by atoms with E-state index in [1.807, 2.05) is 0 Å². The minimum Gasteiger partial charge on any atom is -0.379 e.